The maximum atomic E-state index is 5.80. The summed E-state index contributed by atoms with van der Waals surface area (Å²) in [5, 5.41) is 0. The van der Waals surface area contributed by atoms with Crippen LogP contribution in [0.5, 0.6) is 5.88 Å². The highest BCUT2D eigenvalue weighted by molar-refractivity contribution is 5.31. The predicted molar refractivity (Wildman–Crippen MR) is 66.4 cm³/mol. The molecule has 0 spiro atoms. The van der Waals surface area contributed by atoms with E-state index in [0.29, 0.717) is 12.5 Å². The first-order chi connectivity index (χ1) is 8.27. The maximum Gasteiger partial charge on any atom is 0.218 e. The minimum atomic E-state index is 0.270. The standard InChI is InChI=1S/C14H16N2O/c1-10(2)13-14-16(9-15-13)12(8-17-14)11-6-4-3-5-7-11/h3-7,9-10,12H,8H2,1-2H3/t12-/m0/s1. The maximum absolute atomic E-state index is 5.80. The zero-order chi connectivity index (χ0) is 11.8. The average Bonchev–Trinajstić information content (AvgIpc) is 2.89. The Hall–Kier alpha value is -1.77. The van der Waals surface area contributed by atoms with E-state index in [1.807, 2.05) is 12.4 Å². The monoisotopic (exact) mass is 228 g/mol. The topological polar surface area (TPSA) is 27.1 Å². The van der Waals surface area contributed by atoms with E-state index in [1.165, 1.54) is 5.56 Å². The Morgan fingerprint density at radius 2 is 2.06 bits per heavy atom. The van der Waals surface area contributed by atoms with E-state index in [4.69, 9.17) is 4.74 Å². The van der Waals surface area contributed by atoms with E-state index in [1.54, 1.807) is 0 Å². The average molecular weight is 228 g/mol. The molecule has 0 amide bonds. The lowest BCUT2D eigenvalue weighted by molar-refractivity contribution is 0.336. The van der Waals surface area contributed by atoms with E-state index in [2.05, 4.69) is 47.7 Å². The quantitative estimate of drug-likeness (QED) is 0.790. The Kier molecular flexibility index (Phi) is 2.39. The minimum absolute atomic E-state index is 0.270. The summed E-state index contributed by atoms with van der Waals surface area (Å²) in [4.78, 5) is 4.45. The number of fused-ring (bicyclic) bond motifs is 1. The third-order valence-corrected chi connectivity index (χ3v) is 3.22. The Morgan fingerprint density at radius 1 is 1.29 bits per heavy atom. The number of nitrogens with zero attached hydrogens (tertiary/aromatic N) is 2. The molecule has 2 heterocycles. The van der Waals surface area contributed by atoms with E-state index in [-0.39, 0.29) is 6.04 Å². The van der Waals surface area contributed by atoms with Crippen molar-refractivity contribution >= 4 is 0 Å². The normalized spacial score (nSPS) is 18.2. The van der Waals surface area contributed by atoms with Crippen molar-refractivity contribution in [1.29, 1.82) is 0 Å². The van der Waals surface area contributed by atoms with Gasteiger partial charge in [-0.1, -0.05) is 44.2 Å². The van der Waals surface area contributed by atoms with E-state index in [9.17, 15) is 0 Å². The minimum Gasteiger partial charge on any atom is -0.475 e. The van der Waals surface area contributed by atoms with Gasteiger partial charge in [0, 0.05) is 5.92 Å². The van der Waals surface area contributed by atoms with Gasteiger partial charge in [0.2, 0.25) is 5.88 Å². The predicted octanol–water partition coefficient (Wildman–Crippen LogP) is 2.99. The van der Waals surface area contributed by atoms with Crippen molar-refractivity contribution in [1.82, 2.24) is 9.55 Å². The van der Waals surface area contributed by atoms with Crippen LogP contribution in [0.25, 0.3) is 0 Å². The molecule has 3 rings (SSSR count). The van der Waals surface area contributed by atoms with Gasteiger partial charge in [-0.15, -0.1) is 0 Å². The first kappa shape index (κ1) is 10.4. The molecule has 88 valence electrons. The molecule has 0 saturated heterocycles. The zero-order valence-corrected chi connectivity index (χ0v) is 10.1. The molecule has 0 saturated carbocycles. The Labute approximate surface area is 101 Å². The molecule has 0 bridgehead atoms. The van der Waals surface area contributed by atoms with Crippen molar-refractivity contribution in [2.75, 3.05) is 6.61 Å². The lowest BCUT2D eigenvalue weighted by Crippen LogP contribution is -2.08. The molecule has 1 aliphatic rings. The number of aromatic nitrogens is 2. The summed E-state index contributed by atoms with van der Waals surface area (Å²) in [6, 6.07) is 10.7. The summed E-state index contributed by atoms with van der Waals surface area (Å²) in [6.45, 7) is 4.99. The molecule has 0 fully saturated rings. The largest absolute Gasteiger partial charge is 0.475 e. The molecule has 0 radical (unpaired) electrons. The number of benzene rings is 1. The summed E-state index contributed by atoms with van der Waals surface area (Å²) < 4.78 is 7.94. The molecule has 1 atom stereocenters. The summed E-state index contributed by atoms with van der Waals surface area (Å²) in [6.07, 6.45) is 1.90. The lowest BCUT2D eigenvalue weighted by Gasteiger charge is -2.09. The highest BCUT2D eigenvalue weighted by Gasteiger charge is 2.28. The van der Waals surface area contributed by atoms with Crippen LogP contribution in [-0.2, 0) is 0 Å². The molecule has 1 aromatic heterocycles. The summed E-state index contributed by atoms with van der Waals surface area (Å²) in [7, 11) is 0. The van der Waals surface area contributed by atoms with Crippen LogP contribution in [0.2, 0.25) is 0 Å². The van der Waals surface area contributed by atoms with Gasteiger partial charge in [-0.3, -0.25) is 4.57 Å². The second-order valence-corrected chi connectivity index (χ2v) is 4.73. The molecule has 1 aromatic carbocycles. The second kappa shape index (κ2) is 3.91. The van der Waals surface area contributed by atoms with Crippen molar-refractivity contribution in [3.05, 3.63) is 47.9 Å². The summed E-state index contributed by atoms with van der Waals surface area (Å²) in [5.74, 6) is 1.34. The summed E-state index contributed by atoms with van der Waals surface area (Å²) in [5.41, 5.74) is 2.34. The van der Waals surface area contributed by atoms with Crippen LogP contribution >= 0.6 is 0 Å². The molecule has 0 unspecified atom stereocenters. The second-order valence-electron chi connectivity index (χ2n) is 4.73. The van der Waals surface area contributed by atoms with Gasteiger partial charge in [-0.05, 0) is 5.56 Å². The molecule has 3 nitrogen and oxygen atoms in total. The van der Waals surface area contributed by atoms with Crippen LogP contribution in [0.15, 0.2) is 36.7 Å². The number of hydrogen-bond donors (Lipinski definition) is 0. The Morgan fingerprint density at radius 3 is 2.76 bits per heavy atom. The molecule has 1 aliphatic heterocycles. The van der Waals surface area contributed by atoms with Crippen LogP contribution in [-0.4, -0.2) is 16.2 Å². The van der Waals surface area contributed by atoms with Crippen LogP contribution < -0.4 is 4.74 Å². The van der Waals surface area contributed by atoms with Crippen molar-refractivity contribution in [2.45, 2.75) is 25.8 Å². The van der Waals surface area contributed by atoms with Gasteiger partial charge in [0.05, 0.1) is 12.4 Å². The molecule has 17 heavy (non-hydrogen) atoms. The lowest BCUT2D eigenvalue weighted by atomic mass is 10.1. The fourth-order valence-corrected chi connectivity index (χ4v) is 2.30. The first-order valence-corrected chi connectivity index (χ1v) is 6.02. The van der Waals surface area contributed by atoms with Crippen LogP contribution in [0, 0.1) is 0 Å². The molecular weight excluding hydrogens is 212 g/mol. The number of rotatable bonds is 2. The van der Waals surface area contributed by atoms with E-state index < -0.39 is 0 Å². The molecular formula is C14H16N2O. The Bertz CT molecular complexity index is 516. The zero-order valence-electron chi connectivity index (χ0n) is 10.1. The molecule has 0 N–H and O–H groups in total. The third-order valence-electron chi connectivity index (χ3n) is 3.22. The smallest absolute Gasteiger partial charge is 0.218 e. The van der Waals surface area contributed by atoms with Gasteiger partial charge in [0.1, 0.15) is 12.3 Å². The number of hydrogen-bond acceptors (Lipinski definition) is 2. The highest BCUT2D eigenvalue weighted by Crippen LogP contribution is 2.35. The van der Waals surface area contributed by atoms with Gasteiger partial charge in [-0.2, -0.15) is 0 Å². The fraction of sp³-hybridized carbons (Fsp3) is 0.357. The number of ether oxygens (including phenoxy) is 1. The molecule has 0 aliphatic carbocycles. The first-order valence-electron chi connectivity index (χ1n) is 6.02. The highest BCUT2D eigenvalue weighted by atomic mass is 16.5. The van der Waals surface area contributed by atoms with Crippen LogP contribution in [0.1, 0.15) is 37.1 Å². The van der Waals surface area contributed by atoms with Gasteiger partial charge in [0.15, 0.2) is 0 Å². The van der Waals surface area contributed by atoms with Crippen molar-refractivity contribution in [3.63, 3.8) is 0 Å². The molecule has 3 heteroatoms. The number of imidazole rings is 1. The summed E-state index contributed by atoms with van der Waals surface area (Å²) >= 11 is 0. The Balaban J connectivity index is 2.00. The van der Waals surface area contributed by atoms with Gasteiger partial charge in [-0.25, -0.2) is 4.98 Å². The van der Waals surface area contributed by atoms with Crippen molar-refractivity contribution in [2.24, 2.45) is 0 Å². The van der Waals surface area contributed by atoms with Crippen LogP contribution in [0.4, 0.5) is 0 Å². The third kappa shape index (κ3) is 1.62. The van der Waals surface area contributed by atoms with Crippen molar-refractivity contribution in [3.8, 4) is 5.88 Å². The fourth-order valence-electron chi connectivity index (χ4n) is 2.30. The van der Waals surface area contributed by atoms with E-state index >= 15 is 0 Å². The van der Waals surface area contributed by atoms with E-state index in [0.717, 1.165) is 11.6 Å². The van der Waals surface area contributed by atoms with Crippen molar-refractivity contribution < 1.29 is 4.74 Å². The molecule has 2 aromatic rings. The van der Waals surface area contributed by atoms with Gasteiger partial charge in [0.25, 0.3) is 0 Å². The SMILES string of the molecule is CC(C)c1ncn2c1OC[C@H]2c1ccccc1. The van der Waals surface area contributed by atoms with Gasteiger partial charge < -0.3 is 4.74 Å². The van der Waals surface area contributed by atoms with Crippen LogP contribution in [0.3, 0.4) is 0 Å². The van der Waals surface area contributed by atoms with Gasteiger partial charge >= 0.3 is 0 Å².